The van der Waals surface area contributed by atoms with Gasteiger partial charge < -0.3 is 4.74 Å². The molecule has 0 saturated carbocycles. The van der Waals surface area contributed by atoms with Crippen LogP contribution in [-0.2, 0) is 9.05 Å². The van der Waals surface area contributed by atoms with Crippen molar-refractivity contribution < 1.29 is 13.2 Å². The fourth-order valence-corrected chi connectivity index (χ4v) is 2.58. The maximum atomic E-state index is 11.2. The molecule has 0 aliphatic rings. The van der Waals surface area contributed by atoms with Crippen LogP contribution in [0.1, 0.15) is 32.3 Å². The van der Waals surface area contributed by atoms with Crippen LogP contribution in [0.2, 0.25) is 0 Å². The predicted octanol–water partition coefficient (Wildman–Crippen LogP) is 3.74. The van der Waals surface area contributed by atoms with Gasteiger partial charge in [-0.25, -0.2) is 8.42 Å². The second kappa shape index (κ2) is 6.43. The summed E-state index contributed by atoms with van der Waals surface area (Å²) in [6.07, 6.45) is 2.25. The van der Waals surface area contributed by atoms with Crippen LogP contribution in [-0.4, -0.2) is 15.0 Å². The lowest BCUT2D eigenvalue weighted by Crippen LogP contribution is -2.09. The molecule has 0 saturated heterocycles. The van der Waals surface area contributed by atoms with E-state index in [0.29, 0.717) is 18.3 Å². The summed E-state index contributed by atoms with van der Waals surface area (Å²) in [4.78, 5) is 0.107. The minimum absolute atomic E-state index is 0.107. The fraction of sp³-hybridized carbons (Fsp3) is 0.538. The summed E-state index contributed by atoms with van der Waals surface area (Å²) in [7, 11) is 1.62. The SMILES string of the molecule is CCCC(C)COc1ccc(S(=O)(=O)Cl)cc1C. The van der Waals surface area contributed by atoms with Crippen molar-refractivity contribution >= 4 is 19.7 Å². The monoisotopic (exact) mass is 290 g/mol. The van der Waals surface area contributed by atoms with E-state index in [0.717, 1.165) is 18.4 Å². The molecule has 0 aliphatic heterocycles. The molecule has 0 fully saturated rings. The van der Waals surface area contributed by atoms with Gasteiger partial charge in [-0.3, -0.25) is 0 Å². The van der Waals surface area contributed by atoms with Crippen LogP contribution in [0.4, 0.5) is 0 Å². The number of rotatable bonds is 6. The zero-order chi connectivity index (χ0) is 13.8. The predicted molar refractivity (Wildman–Crippen MR) is 73.8 cm³/mol. The molecule has 0 radical (unpaired) electrons. The molecular weight excluding hydrogens is 272 g/mol. The molecule has 1 aromatic carbocycles. The number of hydrogen-bond acceptors (Lipinski definition) is 3. The number of aryl methyl sites for hydroxylation is 1. The number of benzene rings is 1. The van der Waals surface area contributed by atoms with Gasteiger partial charge in [-0.15, -0.1) is 0 Å². The highest BCUT2D eigenvalue weighted by atomic mass is 35.7. The third-order valence-corrected chi connectivity index (χ3v) is 4.08. The lowest BCUT2D eigenvalue weighted by molar-refractivity contribution is 0.250. The molecular formula is C13H19ClO3S. The number of hydrogen-bond donors (Lipinski definition) is 0. The Kier molecular flexibility index (Phi) is 5.47. The highest BCUT2D eigenvalue weighted by Crippen LogP contribution is 2.24. The van der Waals surface area contributed by atoms with E-state index in [4.69, 9.17) is 15.4 Å². The summed E-state index contributed by atoms with van der Waals surface area (Å²) >= 11 is 0. The van der Waals surface area contributed by atoms with Gasteiger partial charge in [0.2, 0.25) is 0 Å². The molecule has 0 heterocycles. The maximum Gasteiger partial charge on any atom is 0.261 e. The summed E-state index contributed by atoms with van der Waals surface area (Å²) in [5.74, 6) is 1.20. The molecule has 0 amide bonds. The Balaban J connectivity index is 2.75. The Morgan fingerprint density at radius 1 is 1.39 bits per heavy atom. The highest BCUT2D eigenvalue weighted by molar-refractivity contribution is 8.13. The molecule has 1 atom stereocenters. The van der Waals surface area contributed by atoms with Crippen molar-refractivity contribution in [1.29, 1.82) is 0 Å². The molecule has 0 N–H and O–H groups in total. The average molecular weight is 291 g/mol. The molecule has 1 rings (SSSR count). The molecule has 5 heteroatoms. The summed E-state index contributed by atoms with van der Waals surface area (Å²) in [5, 5.41) is 0. The Hall–Kier alpha value is -0.740. The van der Waals surface area contributed by atoms with Crippen LogP contribution in [0, 0.1) is 12.8 Å². The first kappa shape index (κ1) is 15.3. The van der Waals surface area contributed by atoms with Gasteiger partial charge in [0.15, 0.2) is 0 Å². The quantitative estimate of drug-likeness (QED) is 0.750. The van der Waals surface area contributed by atoms with E-state index in [1.807, 2.05) is 6.92 Å². The number of ether oxygens (including phenoxy) is 1. The van der Waals surface area contributed by atoms with Gasteiger partial charge >= 0.3 is 0 Å². The van der Waals surface area contributed by atoms with Gasteiger partial charge in [0.1, 0.15) is 5.75 Å². The summed E-state index contributed by atoms with van der Waals surface area (Å²) in [6.45, 7) is 6.73. The van der Waals surface area contributed by atoms with Gasteiger partial charge in [-0.1, -0.05) is 20.3 Å². The van der Waals surface area contributed by atoms with Crippen LogP contribution in [0.3, 0.4) is 0 Å². The second-order valence-corrected chi connectivity index (χ2v) is 7.14. The number of halogens is 1. The van der Waals surface area contributed by atoms with Gasteiger partial charge in [0, 0.05) is 10.7 Å². The van der Waals surface area contributed by atoms with Gasteiger partial charge in [-0.2, -0.15) is 0 Å². The molecule has 0 bridgehead atoms. The molecule has 0 aromatic heterocycles. The van der Waals surface area contributed by atoms with Crippen LogP contribution >= 0.6 is 10.7 Å². The van der Waals surface area contributed by atoms with Crippen molar-refractivity contribution in [1.82, 2.24) is 0 Å². The van der Waals surface area contributed by atoms with E-state index >= 15 is 0 Å². The lowest BCUT2D eigenvalue weighted by atomic mass is 10.1. The molecule has 1 aromatic rings. The third-order valence-electron chi connectivity index (χ3n) is 2.73. The summed E-state index contributed by atoms with van der Waals surface area (Å²) in [6, 6.07) is 4.65. The zero-order valence-electron chi connectivity index (χ0n) is 10.9. The highest BCUT2D eigenvalue weighted by Gasteiger charge is 2.12. The Morgan fingerprint density at radius 3 is 2.56 bits per heavy atom. The van der Waals surface area contributed by atoms with E-state index in [1.54, 1.807) is 6.07 Å². The maximum absolute atomic E-state index is 11.2. The first-order valence-electron chi connectivity index (χ1n) is 6.02. The minimum atomic E-state index is -3.67. The van der Waals surface area contributed by atoms with E-state index in [9.17, 15) is 8.42 Å². The third kappa shape index (κ3) is 4.50. The Labute approximate surface area is 114 Å². The first-order chi connectivity index (χ1) is 8.34. The van der Waals surface area contributed by atoms with Crippen LogP contribution in [0.15, 0.2) is 23.1 Å². The molecule has 18 heavy (non-hydrogen) atoms. The topological polar surface area (TPSA) is 43.4 Å². The van der Waals surface area contributed by atoms with Crippen molar-refractivity contribution in [2.45, 2.75) is 38.5 Å². The largest absolute Gasteiger partial charge is 0.493 e. The van der Waals surface area contributed by atoms with Crippen molar-refractivity contribution in [3.8, 4) is 5.75 Å². The fourth-order valence-electron chi connectivity index (χ4n) is 1.74. The Bertz CT molecular complexity index is 497. The first-order valence-corrected chi connectivity index (χ1v) is 8.33. The van der Waals surface area contributed by atoms with E-state index in [1.165, 1.54) is 12.1 Å². The zero-order valence-corrected chi connectivity index (χ0v) is 12.5. The minimum Gasteiger partial charge on any atom is -0.493 e. The summed E-state index contributed by atoms with van der Waals surface area (Å²) < 4.78 is 28.0. The summed E-state index contributed by atoms with van der Waals surface area (Å²) in [5.41, 5.74) is 0.778. The standard InChI is InChI=1S/C13H19ClO3S/c1-4-5-10(2)9-17-13-7-6-12(8-11(13)3)18(14,15)16/h6-8,10H,4-5,9H2,1-3H3. The van der Waals surface area contributed by atoms with Crippen molar-refractivity contribution in [2.24, 2.45) is 5.92 Å². The molecule has 102 valence electrons. The molecule has 1 unspecified atom stereocenters. The van der Waals surface area contributed by atoms with Crippen molar-refractivity contribution in [3.05, 3.63) is 23.8 Å². The Morgan fingerprint density at radius 2 is 2.06 bits per heavy atom. The molecule has 0 aliphatic carbocycles. The average Bonchev–Trinajstić information content (AvgIpc) is 2.26. The van der Waals surface area contributed by atoms with Gasteiger partial charge in [-0.05, 0) is 43.0 Å². The second-order valence-electron chi connectivity index (χ2n) is 4.57. The van der Waals surface area contributed by atoms with E-state index < -0.39 is 9.05 Å². The van der Waals surface area contributed by atoms with Crippen LogP contribution in [0.25, 0.3) is 0 Å². The van der Waals surface area contributed by atoms with Crippen molar-refractivity contribution in [3.63, 3.8) is 0 Å². The van der Waals surface area contributed by atoms with Gasteiger partial charge in [0.05, 0.1) is 11.5 Å². The molecule has 3 nitrogen and oxygen atoms in total. The smallest absolute Gasteiger partial charge is 0.261 e. The van der Waals surface area contributed by atoms with E-state index in [-0.39, 0.29) is 4.90 Å². The van der Waals surface area contributed by atoms with E-state index in [2.05, 4.69) is 13.8 Å². The van der Waals surface area contributed by atoms with Gasteiger partial charge in [0.25, 0.3) is 9.05 Å². The van der Waals surface area contributed by atoms with Crippen molar-refractivity contribution in [2.75, 3.05) is 6.61 Å². The normalized spacial score (nSPS) is 13.3. The molecule has 0 spiro atoms. The van der Waals surface area contributed by atoms with Crippen LogP contribution < -0.4 is 4.74 Å². The lowest BCUT2D eigenvalue weighted by Gasteiger charge is -2.14. The van der Waals surface area contributed by atoms with Crippen LogP contribution in [0.5, 0.6) is 5.75 Å².